The van der Waals surface area contributed by atoms with Gasteiger partial charge in [-0.1, -0.05) is 13.8 Å². The SMILES string of the molecule is COCC(C(C)C)N1CCC(=O)NCC1=O. The predicted molar refractivity (Wildman–Crippen MR) is 59.8 cm³/mol. The zero-order chi connectivity index (χ0) is 12.1. The van der Waals surface area contributed by atoms with E-state index >= 15 is 0 Å². The Hall–Kier alpha value is -1.10. The number of nitrogens with one attached hydrogen (secondary N) is 1. The summed E-state index contributed by atoms with van der Waals surface area (Å²) in [6.07, 6.45) is 0.374. The van der Waals surface area contributed by atoms with Crippen LogP contribution in [0.25, 0.3) is 0 Å². The van der Waals surface area contributed by atoms with E-state index < -0.39 is 0 Å². The van der Waals surface area contributed by atoms with Gasteiger partial charge in [0.15, 0.2) is 0 Å². The van der Waals surface area contributed by atoms with Gasteiger partial charge in [0, 0.05) is 20.1 Å². The van der Waals surface area contributed by atoms with Gasteiger partial charge in [-0.2, -0.15) is 0 Å². The minimum Gasteiger partial charge on any atom is -0.383 e. The summed E-state index contributed by atoms with van der Waals surface area (Å²) >= 11 is 0. The van der Waals surface area contributed by atoms with E-state index in [1.807, 2.05) is 0 Å². The van der Waals surface area contributed by atoms with Gasteiger partial charge in [-0.05, 0) is 5.92 Å². The lowest BCUT2D eigenvalue weighted by atomic mass is 10.0. The van der Waals surface area contributed by atoms with Gasteiger partial charge in [-0.15, -0.1) is 0 Å². The van der Waals surface area contributed by atoms with Crippen LogP contribution < -0.4 is 5.32 Å². The molecule has 1 atom stereocenters. The molecule has 1 heterocycles. The Labute approximate surface area is 96.1 Å². The minimum absolute atomic E-state index is 0.0263. The van der Waals surface area contributed by atoms with Crippen molar-refractivity contribution in [3.8, 4) is 0 Å². The Kier molecular flexibility index (Phi) is 4.73. The average Bonchev–Trinajstić information content (AvgIpc) is 2.39. The van der Waals surface area contributed by atoms with E-state index in [9.17, 15) is 9.59 Å². The maximum absolute atomic E-state index is 11.8. The van der Waals surface area contributed by atoms with Crippen LogP contribution in [-0.4, -0.2) is 49.6 Å². The molecule has 0 spiro atoms. The molecule has 1 saturated heterocycles. The summed E-state index contributed by atoms with van der Waals surface area (Å²) in [5.41, 5.74) is 0. The molecule has 1 rings (SSSR count). The normalized spacial score (nSPS) is 19.6. The fraction of sp³-hybridized carbons (Fsp3) is 0.818. The van der Waals surface area contributed by atoms with Crippen LogP contribution in [0, 0.1) is 5.92 Å². The molecule has 5 nitrogen and oxygen atoms in total. The summed E-state index contributed by atoms with van der Waals surface area (Å²) in [7, 11) is 1.63. The smallest absolute Gasteiger partial charge is 0.242 e. The molecule has 0 aromatic heterocycles. The van der Waals surface area contributed by atoms with E-state index in [4.69, 9.17) is 4.74 Å². The fourth-order valence-electron chi connectivity index (χ4n) is 1.87. The topological polar surface area (TPSA) is 58.6 Å². The summed E-state index contributed by atoms with van der Waals surface area (Å²) in [5, 5.41) is 2.59. The molecule has 5 heteroatoms. The molecule has 92 valence electrons. The highest BCUT2D eigenvalue weighted by Gasteiger charge is 2.28. The number of nitrogens with zero attached hydrogens (tertiary/aromatic N) is 1. The molecule has 1 fully saturated rings. The Morgan fingerprint density at radius 1 is 1.44 bits per heavy atom. The number of carbonyl (C=O) groups is 2. The van der Waals surface area contributed by atoms with Gasteiger partial charge in [0.2, 0.25) is 11.8 Å². The summed E-state index contributed by atoms with van der Waals surface area (Å²) < 4.78 is 5.14. The van der Waals surface area contributed by atoms with Crippen molar-refractivity contribution in [3.63, 3.8) is 0 Å². The maximum Gasteiger partial charge on any atom is 0.242 e. The number of carbonyl (C=O) groups excluding carboxylic acids is 2. The lowest BCUT2D eigenvalue weighted by molar-refractivity contribution is -0.134. The van der Waals surface area contributed by atoms with E-state index in [1.54, 1.807) is 12.0 Å². The number of methoxy groups -OCH3 is 1. The first-order chi connectivity index (χ1) is 7.56. The number of hydrogen-bond acceptors (Lipinski definition) is 3. The first-order valence-electron chi connectivity index (χ1n) is 5.61. The minimum atomic E-state index is -0.0595. The van der Waals surface area contributed by atoms with Crippen LogP contribution in [0.5, 0.6) is 0 Å². The second-order valence-electron chi connectivity index (χ2n) is 4.38. The molecule has 16 heavy (non-hydrogen) atoms. The van der Waals surface area contributed by atoms with Gasteiger partial charge in [0.25, 0.3) is 0 Å². The molecule has 1 unspecified atom stereocenters. The number of hydrogen-bond donors (Lipinski definition) is 1. The van der Waals surface area contributed by atoms with Gasteiger partial charge in [-0.25, -0.2) is 0 Å². The first kappa shape index (κ1) is 13.0. The Morgan fingerprint density at radius 3 is 2.69 bits per heavy atom. The van der Waals surface area contributed by atoms with E-state index in [-0.39, 0.29) is 24.4 Å². The van der Waals surface area contributed by atoms with Crippen molar-refractivity contribution in [2.75, 3.05) is 26.8 Å². The molecule has 0 radical (unpaired) electrons. The standard InChI is InChI=1S/C11H20N2O3/c1-8(2)9(7-16-3)13-5-4-10(14)12-6-11(13)15/h8-9H,4-7H2,1-3H3,(H,12,14). The zero-order valence-corrected chi connectivity index (χ0v) is 10.2. The zero-order valence-electron chi connectivity index (χ0n) is 10.2. The van der Waals surface area contributed by atoms with Crippen molar-refractivity contribution < 1.29 is 14.3 Å². The highest BCUT2D eigenvalue weighted by atomic mass is 16.5. The molecule has 1 aliphatic heterocycles. The summed E-state index contributed by atoms with van der Waals surface area (Å²) in [4.78, 5) is 24.8. The molecular weight excluding hydrogens is 208 g/mol. The van der Waals surface area contributed by atoms with Crippen LogP contribution in [0.2, 0.25) is 0 Å². The second-order valence-corrected chi connectivity index (χ2v) is 4.38. The van der Waals surface area contributed by atoms with E-state index in [0.717, 1.165) is 0 Å². The molecule has 0 saturated carbocycles. The lowest BCUT2D eigenvalue weighted by Crippen LogP contribution is -2.47. The molecule has 0 aromatic carbocycles. The van der Waals surface area contributed by atoms with Gasteiger partial charge >= 0.3 is 0 Å². The predicted octanol–water partition coefficient (Wildman–Crippen LogP) is 0.00590. The average molecular weight is 228 g/mol. The lowest BCUT2D eigenvalue weighted by Gasteiger charge is -2.32. The van der Waals surface area contributed by atoms with Gasteiger partial charge < -0.3 is 15.0 Å². The molecule has 1 N–H and O–H groups in total. The van der Waals surface area contributed by atoms with Crippen molar-refractivity contribution in [2.24, 2.45) is 5.92 Å². The van der Waals surface area contributed by atoms with Gasteiger partial charge in [0.1, 0.15) is 0 Å². The van der Waals surface area contributed by atoms with E-state index in [1.165, 1.54) is 0 Å². The van der Waals surface area contributed by atoms with Crippen molar-refractivity contribution in [1.82, 2.24) is 10.2 Å². The van der Waals surface area contributed by atoms with Crippen LogP contribution in [0.3, 0.4) is 0 Å². The second kappa shape index (κ2) is 5.84. The van der Waals surface area contributed by atoms with Crippen molar-refractivity contribution in [1.29, 1.82) is 0 Å². The highest BCUT2D eigenvalue weighted by Crippen LogP contribution is 2.13. The number of rotatable bonds is 4. The summed E-state index contributed by atoms with van der Waals surface area (Å²) in [6.45, 7) is 5.20. The Morgan fingerprint density at radius 2 is 2.12 bits per heavy atom. The van der Waals surface area contributed by atoms with Crippen LogP contribution in [0.4, 0.5) is 0 Å². The molecule has 0 bridgehead atoms. The third kappa shape index (κ3) is 3.20. The van der Waals surface area contributed by atoms with Crippen molar-refractivity contribution in [3.05, 3.63) is 0 Å². The monoisotopic (exact) mass is 228 g/mol. The van der Waals surface area contributed by atoms with Crippen LogP contribution in [0.1, 0.15) is 20.3 Å². The molecular formula is C11H20N2O3. The quantitative estimate of drug-likeness (QED) is 0.737. The first-order valence-corrected chi connectivity index (χ1v) is 5.61. The van der Waals surface area contributed by atoms with Crippen molar-refractivity contribution >= 4 is 11.8 Å². The number of amides is 2. The van der Waals surface area contributed by atoms with Crippen molar-refractivity contribution in [2.45, 2.75) is 26.3 Å². The van der Waals surface area contributed by atoms with E-state index in [2.05, 4.69) is 19.2 Å². The molecule has 2 amide bonds. The van der Waals surface area contributed by atoms with E-state index in [0.29, 0.717) is 25.5 Å². The molecule has 0 aromatic rings. The highest BCUT2D eigenvalue weighted by molar-refractivity contribution is 5.87. The summed E-state index contributed by atoms with van der Waals surface area (Å²) in [5.74, 6) is 0.231. The molecule has 0 aliphatic carbocycles. The Balaban J connectivity index is 2.73. The molecule has 1 aliphatic rings. The third-order valence-corrected chi connectivity index (χ3v) is 2.84. The summed E-state index contributed by atoms with van der Waals surface area (Å²) in [6, 6.07) is 0.0465. The van der Waals surface area contributed by atoms with Gasteiger partial charge in [-0.3, -0.25) is 9.59 Å². The Bertz CT molecular complexity index is 266. The van der Waals surface area contributed by atoms with Crippen LogP contribution >= 0.6 is 0 Å². The van der Waals surface area contributed by atoms with Gasteiger partial charge in [0.05, 0.1) is 19.2 Å². The van der Waals surface area contributed by atoms with Crippen LogP contribution in [0.15, 0.2) is 0 Å². The third-order valence-electron chi connectivity index (χ3n) is 2.84. The maximum atomic E-state index is 11.8. The largest absolute Gasteiger partial charge is 0.383 e. The number of ether oxygens (including phenoxy) is 1. The fourth-order valence-corrected chi connectivity index (χ4v) is 1.87. The van der Waals surface area contributed by atoms with Crippen LogP contribution in [-0.2, 0) is 14.3 Å².